The van der Waals surface area contributed by atoms with Crippen LogP contribution in [0.4, 0.5) is 0 Å². The molecule has 6 heteroatoms. The van der Waals surface area contributed by atoms with Gasteiger partial charge in [-0.05, 0) is 13.8 Å². The van der Waals surface area contributed by atoms with Crippen LogP contribution < -0.4 is 5.32 Å². The van der Waals surface area contributed by atoms with Crippen molar-refractivity contribution < 1.29 is 4.42 Å². The molecule has 5 nitrogen and oxygen atoms in total. The Hall–Kier alpha value is -1.66. The van der Waals surface area contributed by atoms with E-state index in [1.54, 1.807) is 17.5 Å². The molecule has 0 bridgehead atoms. The summed E-state index contributed by atoms with van der Waals surface area (Å²) in [6, 6.07) is 0. The lowest BCUT2D eigenvalue weighted by Crippen LogP contribution is -2.15. The number of rotatable bonds is 5. The summed E-state index contributed by atoms with van der Waals surface area (Å²) in [5.41, 5.74) is 3.52. The standard InChI is InChI=1S/C14H18N4OS/c1-4-11-5-16-13(19-11)7-15-6-12-10(3)17-14-18(12)9(2)8-20-14/h5,8,15H,4,6-7H2,1-3H3. The highest BCUT2D eigenvalue weighted by molar-refractivity contribution is 7.15. The van der Waals surface area contributed by atoms with Crippen molar-refractivity contribution in [3.05, 3.63) is 40.3 Å². The number of imidazole rings is 1. The molecule has 20 heavy (non-hydrogen) atoms. The minimum atomic E-state index is 0.635. The van der Waals surface area contributed by atoms with Crippen LogP contribution in [0.2, 0.25) is 0 Å². The Morgan fingerprint density at radius 1 is 1.35 bits per heavy atom. The second-order valence-electron chi connectivity index (χ2n) is 4.82. The predicted molar refractivity (Wildman–Crippen MR) is 79.0 cm³/mol. The summed E-state index contributed by atoms with van der Waals surface area (Å²) in [5.74, 6) is 1.67. The van der Waals surface area contributed by atoms with Gasteiger partial charge in [0.1, 0.15) is 5.76 Å². The smallest absolute Gasteiger partial charge is 0.208 e. The van der Waals surface area contributed by atoms with Crippen LogP contribution in [0.25, 0.3) is 4.96 Å². The lowest BCUT2D eigenvalue weighted by molar-refractivity contribution is 0.438. The molecular weight excluding hydrogens is 272 g/mol. The first-order chi connectivity index (χ1) is 9.69. The summed E-state index contributed by atoms with van der Waals surface area (Å²) in [7, 11) is 0. The fourth-order valence-corrected chi connectivity index (χ4v) is 3.19. The second-order valence-corrected chi connectivity index (χ2v) is 5.65. The predicted octanol–water partition coefficient (Wildman–Crippen LogP) is 2.85. The number of fused-ring (bicyclic) bond motifs is 1. The summed E-state index contributed by atoms with van der Waals surface area (Å²) in [6.45, 7) is 7.61. The average molecular weight is 290 g/mol. The van der Waals surface area contributed by atoms with Crippen molar-refractivity contribution in [1.29, 1.82) is 0 Å². The third-order valence-corrected chi connectivity index (χ3v) is 4.29. The van der Waals surface area contributed by atoms with E-state index in [4.69, 9.17) is 4.42 Å². The average Bonchev–Trinajstić information content (AvgIpc) is 3.10. The summed E-state index contributed by atoms with van der Waals surface area (Å²) in [5, 5.41) is 5.51. The van der Waals surface area contributed by atoms with Crippen molar-refractivity contribution in [2.45, 2.75) is 40.3 Å². The van der Waals surface area contributed by atoms with Gasteiger partial charge in [-0.3, -0.25) is 4.40 Å². The molecule has 0 aliphatic heterocycles. The third-order valence-electron chi connectivity index (χ3n) is 3.35. The van der Waals surface area contributed by atoms with Gasteiger partial charge in [0.05, 0.1) is 24.1 Å². The lowest BCUT2D eigenvalue weighted by Gasteiger charge is -2.04. The van der Waals surface area contributed by atoms with Crippen LogP contribution in [0.3, 0.4) is 0 Å². The van der Waals surface area contributed by atoms with Crippen LogP contribution in [-0.2, 0) is 19.5 Å². The maximum Gasteiger partial charge on any atom is 0.208 e. The van der Waals surface area contributed by atoms with E-state index in [-0.39, 0.29) is 0 Å². The monoisotopic (exact) mass is 290 g/mol. The Kier molecular flexibility index (Phi) is 3.58. The summed E-state index contributed by atoms with van der Waals surface area (Å²) >= 11 is 1.68. The Balaban J connectivity index is 1.70. The normalized spacial score (nSPS) is 11.6. The number of thiazole rings is 1. The van der Waals surface area contributed by atoms with E-state index >= 15 is 0 Å². The first kappa shape index (κ1) is 13.3. The maximum absolute atomic E-state index is 5.58. The molecule has 0 fully saturated rings. The van der Waals surface area contributed by atoms with Crippen molar-refractivity contribution in [1.82, 2.24) is 19.7 Å². The van der Waals surface area contributed by atoms with E-state index in [1.807, 2.05) is 0 Å². The quantitative estimate of drug-likeness (QED) is 0.785. The van der Waals surface area contributed by atoms with Crippen LogP contribution in [-0.4, -0.2) is 14.4 Å². The van der Waals surface area contributed by atoms with Gasteiger partial charge in [0.2, 0.25) is 5.89 Å². The lowest BCUT2D eigenvalue weighted by atomic mass is 10.3. The fourth-order valence-electron chi connectivity index (χ4n) is 2.26. The maximum atomic E-state index is 5.58. The van der Waals surface area contributed by atoms with Gasteiger partial charge < -0.3 is 9.73 Å². The summed E-state index contributed by atoms with van der Waals surface area (Å²) in [4.78, 5) is 9.88. The summed E-state index contributed by atoms with van der Waals surface area (Å²) in [6.07, 6.45) is 2.67. The van der Waals surface area contributed by atoms with Crippen LogP contribution in [0, 0.1) is 13.8 Å². The largest absolute Gasteiger partial charge is 0.444 e. The Bertz CT molecular complexity index is 725. The number of hydrogen-bond acceptors (Lipinski definition) is 5. The molecule has 0 saturated heterocycles. The molecule has 0 aromatic carbocycles. The zero-order valence-corrected chi connectivity index (χ0v) is 12.8. The molecule has 0 aliphatic carbocycles. The van der Waals surface area contributed by atoms with Crippen LogP contribution in [0.15, 0.2) is 16.0 Å². The third kappa shape index (κ3) is 2.36. The number of nitrogens with one attached hydrogen (secondary N) is 1. The molecule has 3 heterocycles. The summed E-state index contributed by atoms with van der Waals surface area (Å²) < 4.78 is 7.79. The number of oxazole rings is 1. The van der Waals surface area contributed by atoms with Crippen molar-refractivity contribution in [3.8, 4) is 0 Å². The van der Waals surface area contributed by atoms with Gasteiger partial charge in [0.25, 0.3) is 0 Å². The molecule has 0 saturated carbocycles. The van der Waals surface area contributed by atoms with Crippen LogP contribution in [0.1, 0.15) is 35.7 Å². The van der Waals surface area contributed by atoms with Gasteiger partial charge >= 0.3 is 0 Å². The number of nitrogens with zero attached hydrogens (tertiary/aromatic N) is 3. The van der Waals surface area contributed by atoms with E-state index in [2.05, 4.69) is 45.8 Å². The van der Waals surface area contributed by atoms with E-state index < -0.39 is 0 Å². The van der Waals surface area contributed by atoms with Gasteiger partial charge in [-0.15, -0.1) is 11.3 Å². The molecule has 0 spiro atoms. The molecule has 0 aliphatic rings. The number of aryl methyl sites for hydroxylation is 3. The Morgan fingerprint density at radius 3 is 2.95 bits per heavy atom. The fraction of sp³-hybridized carbons (Fsp3) is 0.429. The Labute approximate surface area is 121 Å². The highest BCUT2D eigenvalue weighted by Crippen LogP contribution is 2.20. The molecule has 3 aromatic heterocycles. The van der Waals surface area contributed by atoms with E-state index in [0.29, 0.717) is 6.54 Å². The molecule has 1 N–H and O–H groups in total. The molecule has 0 unspecified atom stereocenters. The van der Waals surface area contributed by atoms with Gasteiger partial charge in [0.15, 0.2) is 4.96 Å². The number of hydrogen-bond donors (Lipinski definition) is 1. The first-order valence-corrected chi connectivity index (χ1v) is 7.63. The minimum Gasteiger partial charge on any atom is -0.444 e. The van der Waals surface area contributed by atoms with Crippen molar-refractivity contribution in [2.75, 3.05) is 0 Å². The molecular formula is C14H18N4OS. The molecule has 3 rings (SSSR count). The SMILES string of the molecule is CCc1cnc(CNCc2c(C)nc3scc(C)n23)o1. The van der Waals surface area contributed by atoms with Gasteiger partial charge in [-0.1, -0.05) is 6.92 Å². The second kappa shape index (κ2) is 5.38. The van der Waals surface area contributed by atoms with E-state index in [0.717, 1.165) is 35.3 Å². The zero-order chi connectivity index (χ0) is 14.1. The van der Waals surface area contributed by atoms with Crippen LogP contribution in [0.5, 0.6) is 0 Å². The van der Waals surface area contributed by atoms with E-state index in [9.17, 15) is 0 Å². The van der Waals surface area contributed by atoms with Crippen molar-refractivity contribution >= 4 is 16.3 Å². The molecule has 0 radical (unpaired) electrons. The Morgan fingerprint density at radius 2 is 2.20 bits per heavy atom. The number of aromatic nitrogens is 3. The topological polar surface area (TPSA) is 55.4 Å². The molecule has 3 aromatic rings. The minimum absolute atomic E-state index is 0.635. The van der Waals surface area contributed by atoms with Gasteiger partial charge in [-0.2, -0.15) is 0 Å². The molecule has 0 atom stereocenters. The van der Waals surface area contributed by atoms with E-state index in [1.165, 1.54) is 11.4 Å². The van der Waals surface area contributed by atoms with Crippen molar-refractivity contribution in [3.63, 3.8) is 0 Å². The highest BCUT2D eigenvalue weighted by Gasteiger charge is 2.12. The highest BCUT2D eigenvalue weighted by atomic mass is 32.1. The first-order valence-electron chi connectivity index (χ1n) is 6.75. The molecule has 106 valence electrons. The van der Waals surface area contributed by atoms with Crippen molar-refractivity contribution in [2.24, 2.45) is 0 Å². The zero-order valence-electron chi connectivity index (χ0n) is 11.9. The van der Waals surface area contributed by atoms with Crippen LogP contribution >= 0.6 is 11.3 Å². The van der Waals surface area contributed by atoms with Gasteiger partial charge in [0, 0.05) is 24.0 Å². The van der Waals surface area contributed by atoms with Gasteiger partial charge in [-0.25, -0.2) is 9.97 Å². The molecule has 0 amide bonds.